The normalized spacial score (nSPS) is 20.7. The Balaban J connectivity index is 1.63. The molecule has 0 radical (unpaired) electrons. The van der Waals surface area contributed by atoms with Gasteiger partial charge in [-0.15, -0.1) is 0 Å². The largest absolute Gasteiger partial charge is 0.354 e. The van der Waals surface area contributed by atoms with Crippen LogP contribution in [0, 0.1) is 0 Å². The number of nitrogens with zero attached hydrogens (tertiary/aromatic N) is 2. The van der Waals surface area contributed by atoms with E-state index in [-0.39, 0.29) is 18.2 Å². The van der Waals surface area contributed by atoms with Crippen LogP contribution < -0.4 is 10.6 Å². The Morgan fingerprint density at radius 3 is 2.77 bits per heavy atom. The number of nitrogens with one attached hydrogen (secondary N) is 2. The van der Waals surface area contributed by atoms with Crippen molar-refractivity contribution in [3.05, 3.63) is 48.5 Å². The summed E-state index contributed by atoms with van der Waals surface area (Å²) in [4.78, 5) is 27.9. The second-order valence-corrected chi connectivity index (χ2v) is 5.70. The summed E-state index contributed by atoms with van der Waals surface area (Å²) < 4.78 is 1.90. The zero-order valence-electron chi connectivity index (χ0n) is 12.4. The van der Waals surface area contributed by atoms with Gasteiger partial charge in [-0.1, -0.05) is 12.1 Å². The Labute approximate surface area is 128 Å². The van der Waals surface area contributed by atoms with E-state index < -0.39 is 5.54 Å². The molecule has 1 aromatic carbocycles. The van der Waals surface area contributed by atoms with Crippen molar-refractivity contribution in [2.75, 3.05) is 6.54 Å². The second kappa shape index (κ2) is 5.63. The van der Waals surface area contributed by atoms with Crippen LogP contribution >= 0.6 is 0 Å². The van der Waals surface area contributed by atoms with Gasteiger partial charge in [-0.3, -0.25) is 9.59 Å². The Bertz CT molecular complexity index is 679. The molecule has 2 aromatic rings. The quantitative estimate of drug-likeness (QED) is 0.877. The molecule has 1 aliphatic rings. The molecule has 1 aromatic heterocycles. The first-order valence-electron chi connectivity index (χ1n) is 7.23. The lowest BCUT2D eigenvalue weighted by atomic mass is 10.00. The molecule has 1 fully saturated rings. The van der Waals surface area contributed by atoms with Gasteiger partial charge in [-0.05, 0) is 31.0 Å². The van der Waals surface area contributed by atoms with Gasteiger partial charge in [0.05, 0.1) is 12.7 Å². The predicted molar refractivity (Wildman–Crippen MR) is 81.4 cm³/mol. The molecule has 3 rings (SSSR count). The molecule has 6 nitrogen and oxygen atoms in total. The summed E-state index contributed by atoms with van der Waals surface area (Å²) in [7, 11) is 0. The standard InChI is InChI=1S/C16H18N4O2/c1-16(6-7-18-15(16)22)19-14(21)10-12-2-4-13(5-3-12)20-9-8-17-11-20/h2-5,8-9,11H,6-7,10H2,1H3,(H,18,22)(H,19,21). The molecule has 1 atom stereocenters. The van der Waals surface area contributed by atoms with Gasteiger partial charge in [-0.2, -0.15) is 0 Å². The number of carbonyl (C=O) groups excluding carboxylic acids is 2. The van der Waals surface area contributed by atoms with Gasteiger partial charge in [0.2, 0.25) is 11.8 Å². The minimum atomic E-state index is -0.784. The Morgan fingerprint density at radius 1 is 1.41 bits per heavy atom. The van der Waals surface area contributed by atoms with E-state index in [1.54, 1.807) is 19.4 Å². The fraction of sp³-hybridized carbons (Fsp3) is 0.312. The number of benzene rings is 1. The lowest BCUT2D eigenvalue weighted by Gasteiger charge is -2.22. The van der Waals surface area contributed by atoms with Crippen molar-refractivity contribution in [1.82, 2.24) is 20.2 Å². The van der Waals surface area contributed by atoms with Crippen LogP contribution in [0.3, 0.4) is 0 Å². The minimum absolute atomic E-state index is 0.115. The van der Waals surface area contributed by atoms with Crippen molar-refractivity contribution >= 4 is 11.8 Å². The second-order valence-electron chi connectivity index (χ2n) is 5.70. The molecule has 6 heteroatoms. The third-order valence-electron chi connectivity index (χ3n) is 3.93. The van der Waals surface area contributed by atoms with Crippen LogP contribution in [0.2, 0.25) is 0 Å². The highest BCUT2D eigenvalue weighted by Crippen LogP contribution is 2.16. The van der Waals surface area contributed by atoms with Crippen LogP contribution in [0.15, 0.2) is 43.0 Å². The van der Waals surface area contributed by atoms with Gasteiger partial charge >= 0.3 is 0 Å². The Morgan fingerprint density at radius 2 is 2.18 bits per heavy atom. The van der Waals surface area contributed by atoms with Gasteiger partial charge in [0.15, 0.2) is 0 Å². The van der Waals surface area contributed by atoms with Gasteiger partial charge in [-0.25, -0.2) is 4.98 Å². The van der Waals surface area contributed by atoms with Crippen molar-refractivity contribution < 1.29 is 9.59 Å². The van der Waals surface area contributed by atoms with Gasteiger partial charge in [0.1, 0.15) is 5.54 Å². The zero-order chi connectivity index (χ0) is 15.6. The minimum Gasteiger partial charge on any atom is -0.354 e. The van der Waals surface area contributed by atoms with E-state index >= 15 is 0 Å². The molecule has 1 aliphatic heterocycles. The van der Waals surface area contributed by atoms with Gasteiger partial charge < -0.3 is 15.2 Å². The number of aromatic nitrogens is 2. The first kappa shape index (κ1) is 14.3. The average molecular weight is 298 g/mol. The molecular formula is C16H18N4O2. The molecular weight excluding hydrogens is 280 g/mol. The van der Waals surface area contributed by atoms with Crippen molar-refractivity contribution in [1.29, 1.82) is 0 Å². The Hall–Kier alpha value is -2.63. The molecule has 1 unspecified atom stereocenters. The van der Waals surface area contributed by atoms with Crippen LogP contribution in [-0.4, -0.2) is 33.4 Å². The number of imidazole rings is 1. The average Bonchev–Trinajstić information content (AvgIpc) is 3.11. The van der Waals surface area contributed by atoms with E-state index in [1.165, 1.54) is 0 Å². The fourth-order valence-corrected chi connectivity index (χ4v) is 2.59. The summed E-state index contributed by atoms with van der Waals surface area (Å²) in [5.74, 6) is -0.258. The summed E-state index contributed by atoms with van der Waals surface area (Å²) in [6.07, 6.45) is 6.18. The number of hydrogen-bond donors (Lipinski definition) is 2. The molecule has 2 amide bonds. The molecule has 1 saturated heterocycles. The maximum atomic E-state index is 12.1. The van der Waals surface area contributed by atoms with E-state index in [0.29, 0.717) is 13.0 Å². The van der Waals surface area contributed by atoms with E-state index in [4.69, 9.17) is 0 Å². The predicted octanol–water partition coefficient (Wildman–Crippen LogP) is 0.810. The summed E-state index contributed by atoms with van der Waals surface area (Å²) in [5.41, 5.74) is 1.11. The number of hydrogen-bond acceptors (Lipinski definition) is 3. The van der Waals surface area contributed by atoms with Crippen LogP contribution in [0.4, 0.5) is 0 Å². The molecule has 0 aliphatic carbocycles. The van der Waals surface area contributed by atoms with Crippen molar-refractivity contribution in [2.24, 2.45) is 0 Å². The summed E-state index contributed by atoms with van der Waals surface area (Å²) >= 11 is 0. The smallest absolute Gasteiger partial charge is 0.245 e. The lowest BCUT2D eigenvalue weighted by molar-refractivity contribution is -0.130. The highest BCUT2D eigenvalue weighted by atomic mass is 16.2. The fourth-order valence-electron chi connectivity index (χ4n) is 2.59. The zero-order valence-corrected chi connectivity index (χ0v) is 12.4. The third-order valence-corrected chi connectivity index (χ3v) is 3.93. The van der Waals surface area contributed by atoms with Crippen molar-refractivity contribution in [3.63, 3.8) is 0 Å². The topological polar surface area (TPSA) is 76.0 Å². The van der Waals surface area contributed by atoms with E-state index in [0.717, 1.165) is 11.3 Å². The molecule has 2 N–H and O–H groups in total. The maximum absolute atomic E-state index is 12.1. The molecule has 114 valence electrons. The van der Waals surface area contributed by atoms with E-state index in [9.17, 15) is 9.59 Å². The highest BCUT2D eigenvalue weighted by molar-refractivity contribution is 5.93. The number of amides is 2. The summed E-state index contributed by atoms with van der Waals surface area (Å²) in [6.45, 7) is 2.37. The first-order chi connectivity index (χ1) is 10.6. The monoisotopic (exact) mass is 298 g/mol. The third kappa shape index (κ3) is 2.86. The van der Waals surface area contributed by atoms with Crippen molar-refractivity contribution in [2.45, 2.75) is 25.3 Å². The van der Waals surface area contributed by atoms with Crippen LogP contribution in [0.25, 0.3) is 5.69 Å². The van der Waals surface area contributed by atoms with Crippen molar-refractivity contribution in [3.8, 4) is 5.69 Å². The van der Waals surface area contributed by atoms with Crippen LogP contribution in [0.1, 0.15) is 18.9 Å². The first-order valence-corrected chi connectivity index (χ1v) is 7.23. The number of carbonyl (C=O) groups is 2. The van der Waals surface area contributed by atoms with E-state index in [1.807, 2.05) is 35.0 Å². The number of rotatable bonds is 4. The molecule has 0 bridgehead atoms. The lowest BCUT2D eigenvalue weighted by Crippen LogP contribution is -2.51. The molecule has 0 saturated carbocycles. The van der Waals surface area contributed by atoms with Crippen LogP contribution in [-0.2, 0) is 16.0 Å². The van der Waals surface area contributed by atoms with E-state index in [2.05, 4.69) is 15.6 Å². The van der Waals surface area contributed by atoms with Gasteiger partial charge in [0.25, 0.3) is 0 Å². The maximum Gasteiger partial charge on any atom is 0.245 e. The summed E-state index contributed by atoms with van der Waals surface area (Å²) in [6, 6.07) is 7.69. The van der Waals surface area contributed by atoms with Crippen LogP contribution in [0.5, 0.6) is 0 Å². The highest BCUT2D eigenvalue weighted by Gasteiger charge is 2.38. The Kier molecular flexibility index (Phi) is 3.66. The van der Waals surface area contributed by atoms with Gasteiger partial charge in [0, 0.05) is 24.6 Å². The molecule has 2 heterocycles. The molecule has 22 heavy (non-hydrogen) atoms. The summed E-state index contributed by atoms with van der Waals surface area (Å²) in [5, 5.41) is 5.57. The molecule has 0 spiro atoms. The SMILES string of the molecule is CC1(NC(=O)Cc2ccc(-n3ccnc3)cc2)CCNC1=O.